The summed E-state index contributed by atoms with van der Waals surface area (Å²) in [6.45, 7) is 0. The normalized spacial score (nSPS) is 13.9. The van der Waals surface area contributed by atoms with Crippen molar-refractivity contribution in [2.45, 2.75) is 22.1 Å². The molecule has 3 nitrogen and oxygen atoms in total. The van der Waals surface area contributed by atoms with E-state index in [2.05, 4.69) is 0 Å². The quantitative estimate of drug-likeness (QED) is 0.946. The number of sulfone groups is 1. The summed E-state index contributed by atoms with van der Waals surface area (Å²) in [5.41, 5.74) is -0.686. The van der Waals surface area contributed by atoms with Crippen LogP contribution >= 0.6 is 0 Å². The predicted molar refractivity (Wildman–Crippen MR) is 69.4 cm³/mol. The van der Waals surface area contributed by atoms with Crippen LogP contribution in [0.2, 0.25) is 0 Å². The van der Waals surface area contributed by atoms with Crippen LogP contribution in [0.3, 0.4) is 0 Å². The second kappa shape index (κ2) is 5.50. The van der Waals surface area contributed by atoms with E-state index in [1.807, 2.05) is 0 Å². The molecule has 0 fully saturated rings. The first-order valence-electron chi connectivity index (χ1n) is 5.88. The fraction of sp³-hybridized carbons (Fsp3) is 0.143. The maximum absolute atomic E-state index is 12.7. The summed E-state index contributed by atoms with van der Waals surface area (Å²) in [6, 6.07) is 11.6. The monoisotopic (exact) mass is 316 g/mol. The Bertz CT molecular complexity index is 725. The fourth-order valence-electron chi connectivity index (χ4n) is 1.85. The maximum atomic E-state index is 12.7. The van der Waals surface area contributed by atoms with Gasteiger partial charge in [0.15, 0.2) is 6.10 Å². The van der Waals surface area contributed by atoms with Gasteiger partial charge in [-0.05, 0) is 18.2 Å². The lowest BCUT2D eigenvalue weighted by Crippen LogP contribution is -2.22. The van der Waals surface area contributed by atoms with Crippen molar-refractivity contribution in [3.8, 4) is 0 Å². The van der Waals surface area contributed by atoms with Gasteiger partial charge in [0, 0.05) is 5.56 Å². The molecule has 0 aromatic heterocycles. The zero-order valence-corrected chi connectivity index (χ0v) is 11.4. The molecule has 0 heterocycles. The number of aliphatic hydroxyl groups is 1. The van der Waals surface area contributed by atoms with Gasteiger partial charge in [-0.25, -0.2) is 8.42 Å². The molecule has 1 atom stereocenters. The average Bonchev–Trinajstić information content (AvgIpc) is 2.46. The molecule has 0 bridgehead atoms. The summed E-state index contributed by atoms with van der Waals surface area (Å²) in [4.78, 5) is -0.687. The molecule has 2 aromatic carbocycles. The standard InChI is InChI=1S/C14H11F3O3S/c15-14(16,17)13(18)11-8-4-5-9-12(11)21(19,20)10-6-2-1-3-7-10/h1-9,13,18H. The minimum absolute atomic E-state index is 0.133. The van der Waals surface area contributed by atoms with Crippen LogP contribution in [0.5, 0.6) is 0 Å². The molecule has 0 aliphatic heterocycles. The van der Waals surface area contributed by atoms with Crippen molar-refractivity contribution >= 4 is 9.84 Å². The SMILES string of the molecule is O=S(=O)(c1ccccc1)c1ccccc1C(O)C(F)(F)F. The summed E-state index contributed by atoms with van der Waals surface area (Å²) >= 11 is 0. The molecule has 1 N–H and O–H groups in total. The lowest BCUT2D eigenvalue weighted by atomic mass is 10.1. The van der Waals surface area contributed by atoms with Crippen molar-refractivity contribution in [2.75, 3.05) is 0 Å². The van der Waals surface area contributed by atoms with E-state index in [0.717, 1.165) is 12.1 Å². The second-order valence-corrected chi connectivity index (χ2v) is 6.22. The van der Waals surface area contributed by atoms with Crippen LogP contribution < -0.4 is 0 Å². The summed E-state index contributed by atoms with van der Waals surface area (Å²) in [7, 11) is -4.13. The lowest BCUT2D eigenvalue weighted by Gasteiger charge is -2.18. The average molecular weight is 316 g/mol. The first kappa shape index (κ1) is 15.5. The van der Waals surface area contributed by atoms with Gasteiger partial charge in [0.2, 0.25) is 9.84 Å². The highest BCUT2D eigenvalue weighted by molar-refractivity contribution is 7.91. The minimum Gasteiger partial charge on any atom is -0.379 e. The summed E-state index contributed by atoms with van der Waals surface area (Å²) < 4.78 is 62.8. The first-order valence-corrected chi connectivity index (χ1v) is 7.37. The molecule has 0 saturated heterocycles. The van der Waals surface area contributed by atoms with Crippen LogP contribution in [-0.4, -0.2) is 19.7 Å². The van der Waals surface area contributed by atoms with Gasteiger partial charge in [0.05, 0.1) is 9.79 Å². The smallest absolute Gasteiger partial charge is 0.379 e. The van der Waals surface area contributed by atoms with Crippen LogP contribution in [0.4, 0.5) is 13.2 Å². The number of benzene rings is 2. The third-order valence-corrected chi connectivity index (χ3v) is 4.71. The van der Waals surface area contributed by atoms with Gasteiger partial charge in [-0.1, -0.05) is 36.4 Å². The molecular weight excluding hydrogens is 305 g/mol. The van der Waals surface area contributed by atoms with E-state index in [1.165, 1.54) is 36.4 Å². The first-order chi connectivity index (χ1) is 9.74. The number of hydrogen-bond donors (Lipinski definition) is 1. The molecule has 0 spiro atoms. The Morgan fingerprint density at radius 1 is 0.905 bits per heavy atom. The van der Waals surface area contributed by atoms with E-state index in [9.17, 15) is 26.7 Å². The van der Waals surface area contributed by atoms with Gasteiger partial charge in [-0.3, -0.25) is 0 Å². The number of rotatable bonds is 3. The van der Waals surface area contributed by atoms with Crippen molar-refractivity contribution in [1.82, 2.24) is 0 Å². The molecule has 112 valence electrons. The highest BCUT2D eigenvalue weighted by Gasteiger charge is 2.42. The van der Waals surface area contributed by atoms with Crippen LogP contribution in [0.1, 0.15) is 11.7 Å². The summed E-state index contributed by atoms with van der Waals surface area (Å²) in [6.07, 6.45) is -7.80. The van der Waals surface area contributed by atoms with E-state index in [0.29, 0.717) is 0 Å². The number of alkyl halides is 3. The Kier molecular flexibility index (Phi) is 4.06. The summed E-state index contributed by atoms with van der Waals surface area (Å²) in [5, 5.41) is 9.36. The Hall–Kier alpha value is -1.86. The van der Waals surface area contributed by atoms with Gasteiger partial charge in [0.25, 0.3) is 0 Å². The van der Waals surface area contributed by atoms with Gasteiger partial charge in [-0.2, -0.15) is 13.2 Å². The van der Waals surface area contributed by atoms with E-state index >= 15 is 0 Å². The molecule has 0 saturated carbocycles. The van der Waals surface area contributed by atoms with E-state index < -0.39 is 32.6 Å². The van der Waals surface area contributed by atoms with Crippen molar-refractivity contribution < 1.29 is 26.7 Å². The largest absolute Gasteiger partial charge is 0.418 e. The van der Waals surface area contributed by atoms with Crippen LogP contribution in [0.15, 0.2) is 64.4 Å². The topological polar surface area (TPSA) is 54.4 Å². The molecule has 0 radical (unpaired) electrons. The highest BCUT2D eigenvalue weighted by atomic mass is 32.2. The van der Waals surface area contributed by atoms with Gasteiger partial charge >= 0.3 is 6.18 Å². The highest BCUT2D eigenvalue weighted by Crippen LogP contribution is 2.36. The van der Waals surface area contributed by atoms with E-state index in [1.54, 1.807) is 6.07 Å². The zero-order chi connectivity index (χ0) is 15.7. The Labute approximate surface area is 119 Å². The van der Waals surface area contributed by atoms with Crippen molar-refractivity contribution in [3.05, 3.63) is 60.2 Å². The van der Waals surface area contributed by atoms with Crippen molar-refractivity contribution in [3.63, 3.8) is 0 Å². The fourth-order valence-corrected chi connectivity index (χ4v) is 3.37. The van der Waals surface area contributed by atoms with Gasteiger partial charge in [-0.15, -0.1) is 0 Å². The van der Waals surface area contributed by atoms with E-state index in [-0.39, 0.29) is 4.90 Å². The molecule has 0 amide bonds. The molecular formula is C14H11F3O3S. The lowest BCUT2D eigenvalue weighted by molar-refractivity contribution is -0.207. The third kappa shape index (κ3) is 3.08. The number of halogens is 3. The van der Waals surface area contributed by atoms with Crippen molar-refractivity contribution in [2.24, 2.45) is 0 Å². The third-order valence-electron chi connectivity index (χ3n) is 2.87. The van der Waals surface area contributed by atoms with E-state index in [4.69, 9.17) is 0 Å². The Morgan fingerprint density at radius 3 is 2.00 bits per heavy atom. The molecule has 21 heavy (non-hydrogen) atoms. The van der Waals surface area contributed by atoms with Gasteiger partial charge < -0.3 is 5.11 Å². The van der Waals surface area contributed by atoms with Crippen LogP contribution in [0, 0.1) is 0 Å². The molecule has 7 heteroatoms. The molecule has 0 aliphatic rings. The number of hydrogen-bond acceptors (Lipinski definition) is 3. The predicted octanol–water partition coefficient (Wildman–Crippen LogP) is 3.12. The van der Waals surface area contributed by atoms with Gasteiger partial charge in [0.1, 0.15) is 0 Å². The molecule has 0 aliphatic carbocycles. The Balaban J connectivity index is 2.61. The Morgan fingerprint density at radius 2 is 1.43 bits per heavy atom. The number of aliphatic hydroxyl groups excluding tert-OH is 1. The minimum atomic E-state index is -4.94. The zero-order valence-electron chi connectivity index (χ0n) is 10.6. The maximum Gasteiger partial charge on any atom is 0.418 e. The summed E-state index contributed by atoms with van der Waals surface area (Å²) in [5.74, 6) is 0. The van der Waals surface area contributed by atoms with Crippen LogP contribution in [0.25, 0.3) is 0 Å². The second-order valence-electron chi connectivity index (χ2n) is 4.30. The molecule has 1 unspecified atom stereocenters. The molecule has 2 aromatic rings. The van der Waals surface area contributed by atoms with Crippen molar-refractivity contribution in [1.29, 1.82) is 0 Å². The molecule has 2 rings (SSSR count). The van der Waals surface area contributed by atoms with Crippen LogP contribution in [-0.2, 0) is 9.84 Å².